The van der Waals surface area contributed by atoms with Crippen molar-refractivity contribution in [1.82, 2.24) is 9.80 Å². The summed E-state index contributed by atoms with van der Waals surface area (Å²) in [4.78, 5) is 2.92. The molecular formula is C26H38N2O8. The highest BCUT2D eigenvalue weighted by Gasteiger charge is 2.13. The van der Waals surface area contributed by atoms with Gasteiger partial charge in [-0.05, 0) is 12.1 Å². The van der Waals surface area contributed by atoms with Crippen molar-refractivity contribution in [3.05, 3.63) is 47.5 Å². The van der Waals surface area contributed by atoms with Gasteiger partial charge in [-0.2, -0.15) is 0 Å². The second kappa shape index (κ2) is 15.5. The van der Waals surface area contributed by atoms with Crippen LogP contribution in [0.2, 0.25) is 0 Å². The minimum atomic E-state index is -2.12. The van der Waals surface area contributed by atoms with Gasteiger partial charge in [-0.3, -0.25) is 9.80 Å². The van der Waals surface area contributed by atoms with Gasteiger partial charge in [0, 0.05) is 55.8 Å². The molecule has 0 bridgehead atoms. The van der Waals surface area contributed by atoms with Gasteiger partial charge in [0.1, 0.15) is 0 Å². The van der Waals surface area contributed by atoms with Gasteiger partial charge in [-0.1, -0.05) is 24.3 Å². The van der Waals surface area contributed by atoms with E-state index < -0.39 is 36.0 Å². The maximum atomic E-state index is 10.2. The Hall–Kier alpha value is -2.60. The Balaban J connectivity index is 1.62. The van der Waals surface area contributed by atoms with E-state index in [-0.39, 0.29) is 90.2 Å². The molecule has 10 nitrogen and oxygen atoms in total. The molecular weight excluding hydrogens is 468 g/mol. The maximum Gasteiger partial charge on any atom is 0.161 e. The van der Waals surface area contributed by atoms with Crippen molar-refractivity contribution >= 4 is 0 Å². The largest absolute Gasteiger partial charge is 0.504 e. The lowest BCUT2D eigenvalue weighted by Crippen LogP contribution is -2.32. The van der Waals surface area contributed by atoms with Crippen LogP contribution in [-0.2, 0) is 31.9 Å². The summed E-state index contributed by atoms with van der Waals surface area (Å²) in [6.07, 6.45) is 0. The molecule has 0 radical (unpaired) electrons. The van der Waals surface area contributed by atoms with Gasteiger partial charge in [0.25, 0.3) is 0 Å². The number of aromatic hydroxyl groups is 4. The van der Waals surface area contributed by atoms with E-state index >= 15 is 0 Å². The third-order valence-electron chi connectivity index (χ3n) is 5.35. The zero-order chi connectivity index (χ0) is 29.2. The van der Waals surface area contributed by atoms with Crippen molar-refractivity contribution in [2.75, 3.05) is 79.0 Å². The van der Waals surface area contributed by atoms with Gasteiger partial charge in [-0.25, -0.2) is 0 Å². The molecule has 0 unspecified atom stereocenters. The van der Waals surface area contributed by atoms with E-state index in [0.717, 1.165) is 0 Å². The molecule has 0 spiro atoms. The fraction of sp³-hybridized carbons (Fsp3) is 0.538. The number of para-hydroxylation sites is 2. The van der Waals surface area contributed by atoms with Crippen molar-refractivity contribution in [3.63, 3.8) is 0 Å². The monoisotopic (exact) mass is 510 g/mol. The maximum absolute atomic E-state index is 10.2. The van der Waals surface area contributed by atoms with Crippen LogP contribution in [0.4, 0.5) is 0 Å². The topological polar surface area (TPSA) is 124 Å². The lowest BCUT2D eigenvalue weighted by molar-refractivity contribution is 0.00610. The first-order valence-electron chi connectivity index (χ1n) is 13.9. The summed E-state index contributed by atoms with van der Waals surface area (Å²) < 4.78 is 57.1. The minimum Gasteiger partial charge on any atom is -0.504 e. The van der Waals surface area contributed by atoms with Gasteiger partial charge >= 0.3 is 0 Å². The molecule has 2 aromatic rings. The molecule has 0 saturated carbocycles. The third kappa shape index (κ3) is 9.45. The first-order chi connectivity index (χ1) is 19.1. The lowest BCUT2D eigenvalue weighted by atomic mass is 10.1. The smallest absolute Gasteiger partial charge is 0.161 e. The molecule has 3 rings (SSSR count). The Morgan fingerprint density at radius 2 is 0.889 bits per heavy atom. The second-order valence-electron chi connectivity index (χ2n) is 7.99. The van der Waals surface area contributed by atoms with E-state index in [4.69, 9.17) is 24.4 Å². The molecule has 1 aliphatic rings. The van der Waals surface area contributed by atoms with Gasteiger partial charge in [0.2, 0.25) is 0 Å². The lowest BCUT2D eigenvalue weighted by Gasteiger charge is -2.24. The predicted molar refractivity (Wildman–Crippen MR) is 133 cm³/mol. The minimum absolute atomic E-state index is 0.0650. The van der Waals surface area contributed by atoms with E-state index in [0.29, 0.717) is 0 Å². The molecule has 1 fully saturated rings. The zero-order valence-electron chi connectivity index (χ0n) is 24.3. The molecule has 1 saturated heterocycles. The Labute approximate surface area is 217 Å². The molecule has 200 valence electrons. The van der Waals surface area contributed by atoms with Crippen LogP contribution in [-0.4, -0.2) is 109 Å². The van der Waals surface area contributed by atoms with Crippen LogP contribution in [0.25, 0.3) is 0 Å². The number of ether oxygens (including phenoxy) is 4. The van der Waals surface area contributed by atoms with E-state index in [1.54, 1.807) is 0 Å². The standard InChI is InChI=1S/C26H38N2O8/c29-23-5-1-3-21(25(23)31)19-27-7-11-33-15-17-35-13-9-28(10-14-36-18-16-34-12-8-27)20-22-4-2-6-24(30)26(22)32/h1-6,29-32H,7-20H2/i19D2,20D2. The van der Waals surface area contributed by atoms with E-state index in [1.807, 2.05) is 0 Å². The highest BCUT2D eigenvalue weighted by Crippen LogP contribution is 2.30. The molecule has 0 aromatic heterocycles. The zero-order valence-corrected chi connectivity index (χ0v) is 20.3. The molecule has 1 heterocycles. The van der Waals surface area contributed by atoms with Crippen LogP contribution < -0.4 is 0 Å². The fourth-order valence-electron chi connectivity index (χ4n) is 3.37. The number of hydrogen-bond donors (Lipinski definition) is 4. The van der Waals surface area contributed by atoms with E-state index in [9.17, 15) is 20.4 Å². The summed E-state index contributed by atoms with van der Waals surface area (Å²) in [6.45, 7) is -2.03. The summed E-state index contributed by atoms with van der Waals surface area (Å²) in [6, 6.07) is 8.32. The number of benzene rings is 2. The fourth-order valence-corrected chi connectivity index (χ4v) is 3.37. The molecule has 0 aliphatic carbocycles. The van der Waals surface area contributed by atoms with Crippen LogP contribution in [0, 0.1) is 0 Å². The molecule has 1 aliphatic heterocycles. The summed E-state index contributed by atoms with van der Waals surface area (Å²) in [5.41, 5.74) is -0.130. The Morgan fingerprint density at radius 3 is 1.22 bits per heavy atom. The summed E-state index contributed by atoms with van der Waals surface area (Å²) in [5.74, 6) is -1.86. The van der Waals surface area contributed by atoms with Crippen molar-refractivity contribution in [3.8, 4) is 23.0 Å². The van der Waals surface area contributed by atoms with Crippen LogP contribution in [0.3, 0.4) is 0 Å². The molecule has 0 amide bonds. The average Bonchev–Trinajstić information content (AvgIpc) is 2.91. The number of nitrogens with zero attached hydrogens (tertiary/aromatic N) is 2. The number of hydrogen-bond acceptors (Lipinski definition) is 10. The van der Waals surface area contributed by atoms with Crippen molar-refractivity contribution in [2.45, 2.75) is 13.0 Å². The van der Waals surface area contributed by atoms with Gasteiger partial charge < -0.3 is 39.4 Å². The Kier molecular flexibility index (Phi) is 9.72. The van der Waals surface area contributed by atoms with E-state index in [1.165, 1.54) is 46.2 Å². The van der Waals surface area contributed by atoms with Crippen molar-refractivity contribution in [1.29, 1.82) is 0 Å². The highest BCUT2D eigenvalue weighted by atomic mass is 16.5. The normalized spacial score (nSPS) is 21.3. The molecule has 36 heavy (non-hydrogen) atoms. The predicted octanol–water partition coefficient (Wildman–Crippen LogP) is 1.89. The van der Waals surface area contributed by atoms with Crippen LogP contribution in [0.15, 0.2) is 36.4 Å². The number of phenolic OH excluding ortho intramolecular Hbond substituents is 4. The van der Waals surface area contributed by atoms with E-state index in [2.05, 4.69) is 0 Å². The summed E-state index contributed by atoms with van der Waals surface area (Å²) >= 11 is 0. The highest BCUT2D eigenvalue weighted by molar-refractivity contribution is 5.44. The van der Waals surface area contributed by atoms with Gasteiger partial charge in [0.05, 0.1) is 52.9 Å². The number of rotatable bonds is 4. The van der Waals surface area contributed by atoms with Crippen LogP contribution >= 0.6 is 0 Å². The number of phenols is 4. The Morgan fingerprint density at radius 1 is 0.556 bits per heavy atom. The second-order valence-corrected chi connectivity index (χ2v) is 7.99. The summed E-state index contributed by atoms with van der Waals surface area (Å²) in [5, 5.41) is 40.2. The molecule has 2 aromatic carbocycles. The molecule has 4 N–H and O–H groups in total. The summed E-state index contributed by atoms with van der Waals surface area (Å²) in [7, 11) is 0. The molecule has 0 atom stereocenters. The Bertz CT molecular complexity index is 975. The molecule has 10 heteroatoms. The SMILES string of the molecule is [2H]C([2H])(c1cccc(O)c1O)N1CCOCCOCCN(C([2H])([2H])c2cccc(O)c2O)CCOCCOCC1. The average molecular weight is 511 g/mol. The van der Waals surface area contributed by atoms with Crippen molar-refractivity contribution < 1.29 is 44.9 Å². The third-order valence-corrected chi connectivity index (χ3v) is 5.35. The van der Waals surface area contributed by atoms with Crippen molar-refractivity contribution in [2.24, 2.45) is 0 Å². The van der Waals surface area contributed by atoms with Crippen LogP contribution in [0.5, 0.6) is 23.0 Å². The quantitative estimate of drug-likeness (QED) is 0.453. The first-order valence-corrected chi connectivity index (χ1v) is 11.9. The van der Waals surface area contributed by atoms with Gasteiger partial charge in [0.15, 0.2) is 23.0 Å². The van der Waals surface area contributed by atoms with Gasteiger partial charge in [-0.15, -0.1) is 0 Å². The first kappa shape index (κ1) is 22.6. The van der Waals surface area contributed by atoms with Crippen LogP contribution in [0.1, 0.15) is 16.6 Å².